The third-order valence-corrected chi connectivity index (χ3v) is 3.75. The van der Waals surface area contributed by atoms with Crippen molar-refractivity contribution < 1.29 is 39.4 Å². The lowest BCUT2D eigenvalue weighted by Gasteiger charge is -2.05. The minimum atomic E-state index is -4.83. The lowest BCUT2D eigenvalue weighted by molar-refractivity contribution is -1.01. The van der Waals surface area contributed by atoms with Crippen LogP contribution in [-0.4, -0.2) is 68.9 Å². The van der Waals surface area contributed by atoms with Crippen LogP contribution in [0.3, 0.4) is 0 Å². The van der Waals surface area contributed by atoms with Gasteiger partial charge in [0.05, 0.1) is 19.6 Å². The summed E-state index contributed by atoms with van der Waals surface area (Å²) in [5.74, 6) is -17.2. The van der Waals surface area contributed by atoms with Crippen molar-refractivity contribution in [1.29, 1.82) is 0 Å². The van der Waals surface area contributed by atoms with Crippen molar-refractivity contribution in [3.63, 3.8) is 0 Å². The monoisotopic (exact) mass is 552 g/mol. The molecule has 2 rings (SSSR count). The van der Waals surface area contributed by atoms with E-state index in [4.69, 9.17) is 0 Å². The fraction of sp³-hybridized carbons (Fsp3) is 0.333. The van der Waals surface area contributed by atoms with Crippen LogP contribution in [-0.2, 0) is 11.8 Å². The van der Waals surface area contributed by atoms with Gasteiger partial charge in [0.15, 0.2) is 0 Å². The molecule has 0 amide bonds. The molecule has 38 heavy (non-hydrogen) atoms. The van der Waals surface area contributed by atoms with Gasteiger partial charge in [0, 0.05) is 0 Å². The van der Waals surface area contributed by atoms with Gasteiger partial charge >= 0.3 is 35.6 Å². The molecule has 0 atom stereocenters. The maximum absolute atomic E-state index is 11.3. The molecule has 2 heterocycles. The Balaban J connectivity index is 2.97. The highest BCUT2D eigenvalue weighted by atomic mass is 16.8. The van der Waals surface area contributed by atoms with Crippen LogP contribution < -0.4 is 0 Å². The van der Waals surface area contributed by atoms with Gasteiger partial charge in [0.25, 0.3) is 0 Å². The molecule has 2 aromatic rings. The molecular weight excluding hydrogens is 552 g/mol. The molecule has 32 nitrogen and oxygen atoms in total. The predicted molar refractivity (Wildman–Crippen MR) is 95.4 cm³/mol. The van der Waals surface area contributed by atoms with Crippen LogP contribution in [0, 0.1) is 80.9 Å². The average Bonchev–Trinajstić information content (AvgIpc) is 3.37. The number of hydrogen-bond donors (Lipinski definition) is 0. The molecule has 0 spiro atoms. The molecule has 0 aliphatic carbocycles. The van der Waals surface area contributed by atoms with Gasteiger partial charge < -0.3 is 20.2 Å². The Morgan fingerprint density at radius 1 is 0.500 bits per heavy atom. The van der Waals surface area contributed by atoms with Gasteiger partial charge in [0.2, 0.25) is 29.5 Å². The van der Waals surface area contributed by atoms with Gasteiger partial charge in [-0.2, -0.15) is 0 Å². The first kappa shape index (κ1) is 27.3. The van der Waals surface area contributed by atoms with Gasteiger partial charge in [-0.05, 0) is 19.8 Å². The maximum atomic E-state index is 11.3. The molecule has 0 aliphatic heterocycles. The predicted octanol–water partition coefficient (Wildman–Crippen LogP) is -2.10. The molecule has 0 aromatic carbocycles. The van der Waals surface area contributed by atoms with Crippen LogP contribution >= 0.6 is 0 Å². The molecule has 0 aliphatic rings. The minimum Gasteiger partial charge on any atom is -0.390 e. The molecule has 200 valence electrons. The topological polar surface area (TPSA) is 431 Å². The van der Waals surface area contributed by atoms with Crippen LogP contribution in [0.15, 0.2) is 10.2 Å². The molecule has 0 N–H and O–H groups in total. The second-order valence-corrected chi connectivity index (χ2v) is 5.70. The van der Waals surface area contributed by atoms with Crippen LogP contribution in [0.5, 0.6) is 0 Å². The van der Waals surface area contributed by atoms with Gasteiger partial charge in [-0.1, -0.05) is 10.2 Å². The highest BCUT2D eigenvalue weighted by Crippen LogP contribution is 2.30. The summed E-state index contributed by atoms with van der Waals surface area (Å²) in [6, 6.07) is 0. The van der Waals surface area contributed by atoms with Crippen molar-refractivity contribution in [2.24, 2.45) is 10.2 Å². The zero-order valence-corrected chi connectivity index (χ0v) is 16.7. The first-order valence-electron chi connectivity index (χ1n) is 7.99. The van der Waals surface area contributed by atoms with Gasteiger partial charge in [0.1, 0.15) is 0 Å². The van der Waals surface area contributed by atoms with E-state index in [0.717, 1.165) is 0 Å². The number of nitrogens with zero attached hydrogens (tertiary/aromatic N) is 16. The first-order chi connectivity index (χ1) is 17.5. The Bertz CT molecular complexity index is 1280. The number of nitro groups is 8. The summed E-state index contributed by atoms with van der Waals surface area (Å²) in [6.07, 6.45) is 0. The number of aromatic nitrogens is 6. The minimum absolute atomic E-state index is 1.01. The van der Waals surface area contributed by atoms with Gasteiger partial charge in [-0.15, -0.1) is 0 Å². The highest BCUT2D eigenvalue weighted by Gasteiger charge is 2.80. The second kappa shape index (κ2) is 9.03. The molecule has 0 saturated heterocycles. The molecule has 0 radical (unpaired) electrons. The quantitative estimate of drug-likeness (QED) is 0.118. The third kappa shape index (κ3) is 3.76. The Kier molecular flexibility index (Phi) is 6.49. The highest BCUT2D eigenvalue weighted by molar-refractivity contribution is 5.25. The lowest BCUT2D eigenvalue weighted by atomic mass is 10.6. The summed E-state index contributed by atoms with van der Waals surface area (Å²) in [4.78, 5) is 78.3. The van der Waals surface area contributed by atoms with Crippen molar-refractivity contribution in [2.45, 2.75) is 11.8 Å². The zero-order valence-electron chi connectivity index (χ0n) is 16.7. The smallest absolute Gasteiger partial charge is 0.390 e. The number of hydrogen-bond acceptors (Lipinski definition) is 22. The lowest BCUT2D eigenvalue weighted by Crippen LogP contribution is -2.55. The summed E-state index contributed by atoms with van der Waals surface area (Å²) in [6.45, 7) is 0. The fourth-order valence-electron chi connectivity index (χ4n) is 2.23. The van der Waals surface area contributed by atoms with E-state index in [2.05, 4.69) is 30.4 Å². The van der Waals surface area contributed by atoms with E-state index < -0.39 is 84.4 Å². The summed E-state index contributed by atoms with van der Waals surface area (Å²) in [7, 11) is 0. The van der Waals surface area contributed by atoms with Crippen LogP contribution in [0.25, 0.3) is 0 Å². The molecule has 2 aromatic heterocycles. The van der Waals surface area contributed by atoms with E-state index >= 15 is 0 Å². The summed E-state index contributed by atoms with van der Waals surface area (Å²) < 4.78 is -2.02. The van der Waals surface area contributed by atoms with E-state index in [1.54, 1.807) is 0 Å². The zero-order chi connectivity index (χ0) is 29.3. The normalized spacial score (nSPS) is 11.7. The third-order valence-electron chi connectivity index (χ3n) is 3.75. The van der Waals surface area contributed by atoms with Crippen molar-refractivity contribution in [3.05, 3.63) is 80.9 Å². The molecule has 32 heteroatoms. The van der Waals surface area contributed by atoms with E-state index in [1.807, 2.05) is 0 Å². The van der Waals surface area contributed by atoms with Crippen LogP contribution in [0.2, 0.25) is 0 Å². The van der Waals surface area contributed by atoms with E-state index in [1.165, 1.54) is 0 Å². The maximum Gasteiger partial charge on any atom is 0.836 e. The van der Waals surface area contributed by atoms with Crippen LogP contribution in [0.4, 0.5) is 23.8 Å². The average molecular weight is 552 g/mol. The van der Waals surface area contributed by atoms with E-state index in [0.29, 0.717) is 0 Å². The largest absolute Gasteiger partial charge is 0.836 e. The van der Waals surface area contributed by atoms with E-state index in [9.17, 15) is 80.9 Å². The van der Waals surface area contributed by atoms with E-state index in [-0.39, 0.29) is 0 Å². The first-order valence-corrected chi connectivity index (χ1v) is 7.99. The molecule has 0 unspecified atom stereocenters. The molecule has 0 saturated carbocycles. The molecular formula is C6N16O16. The van der Waals surface area contributed by atoms with Gasteiger partial charge in [-0.25, -0.2) is 0 Å². The summed E-state index contributed by atoms with van der Waals surface area (Å²) in [5, 5.41) is 100. The molecule has 0 fully saturated rings. The number of azo groups is 1. The second-order valence-electron chi connectivity index (χ2n) is 5.70. The Hall–Kier alpha value is -6.92. The SMILES string of the molecule is O=[N+]([O-])c1nc(/N=N/c2nc([N+](=O)[O-])nn2C([N+](=O)[O-])([N+](=O)[O-])[N+](=O)[O-])n(C([N+](=O)[O-])([N+](=O)[O-])[N+](=O)[O-])n1. The molecule has 0 bridgehead atoms. The standard InChI is InChI=1S/C6N16O16/c23-15(24)3-7-1(13(11-3)5(17(27)28,18(29)30)19(31)32)9-10-2-8-4(16(25)26)12-14(2)6(20(33)34,21(35)36)22(37)38/b10-9+. The fourth-order valence-corrected chi connectivity index (χ4v) is 2.23. The summed E-state index contributed by atoms with van der Waals surface area (Å²) >= 11 is 0. The number of rotatable bonds is 12. The summed E-state index contributed by atoms with van der Waals surface area (Å²) in [5.41, 5.74) is 0. The Morgan fingerprint density at radius 2 is 0.737 bits per heavy atom. The van der Waals surface area contributed by atoms with Crippen molar-refractivity contribution in [2.75, 3.05) is 0 Å². The van der Waals surface area contributed by atoms with Gasteiger partial charge in [-0.3, -0.25) is 60.7 Å². The Labute approximate surface area is 197 Å². The van der Waals surface area contributed by atoms with Crippen LogP contribution in [0.1, 0.15) is 0 Å². The Morgan fingerprint density at radius 3 is 0.921 bits per heavy atom. The van der Waals surface area contributed by atoms with Crippen molar-refractivity contribution in [1.82, 2.24) is 29.5 Å². The van der Waals surface area contributed by atoms with Crippen molar-refractivity contribution in [3.8, 4) is 0 Å². The van der Waals surface area contributed by atoms with Crippen molar-refractivity contribution >= 4 is 23.8 Å².